The van der Waals surface area contributed by atoms with Crippen molar-refractivity contribution in [3.8, 4) is 0 Å². The quantitative estimate of drug-likeness (QED) is 0.755. The van der Waals surface area contributed by atoms with Gasteiger partial charge >= 0.3 is 0 Å². The monoisotopic (exact) mass is 240 g/mol. The molecule has 5 heteroatoms. The molecule has 4 N–H and O–H groups in total. The van der Waals surface area contributed by atoms with Crippen LogP contribution >= 0.6 is 24.0 Å². The number of benzene rings is 1. The number of hydrogen-bond acceptors (Lipinski definition) is 3. The highest BCUT2D eigenvalue weighted by molar-refractivity contribution is 7.99. The first-order valence-electron chi connectivity index (χ1n) is 4.34. The number of thioether (sulfide) groups is 1. The lowest BCUT2D eigenvalue weighted by Gasteiger charge is -2.03. The number of carbonyl (C=O) groups excluding carboxylic acids is 1. The number of thiocarbonyl (C=S) groups is 1. The number of amides is 1. The topological polar surface area (TPSA) is 69.1 Å². The van der Waals surface area contributed by atoms with Crippen molar-refractivity contribution in [2.45, 2.75) is 5.75 Å². The van der Waals surface area contributed by atoms with Gasteiger partial charge in [-0.25, -0.2) is 0 Å². The van der Waals surface area contributed by atoms with E-state index in [0.29, 0.717) is 10.7 Å². The van der Waals surface area contributed by atoms with Crippen LogP contribution in [0.15, 0.2) is 24.3 Å². The van der Waals surface area contributed by atoms with Gasteiger partial charge in [0.15, 0.2) is 0 Å². The summed E-state index contributed by atoms with van der Waals surface area (Å²) in [5.74, 6) is 0.766. The van der Waals surface area contributed by atoms with Crippen LogP contribution in [0.1, 0.15) is 11.1 Å². The normalized spacial score (nSPS) is 9.87. The third-order valence-corrected chi connectivity index (χ3v) is 2.99. The maximum Gasteiger partial charge on any atom is 0.227 e. The van der Waals surface area contributed by atoms with Crippen LogP contribution in [0.2, 0.25) is 0 Å². The molecular weight excluding hydrogens is 228 g/mol. The van der Waals surface area contributed by atoms with Gasteiger partial charge < -0.3 is 11.5 Å². The zero-order valence-corrected chi connectivity index (χ0v) is 9.74. The molecule has 0 saturated carbocycles. The van der Waals surface area contributed by atoms with Crippen molar-refractivity contribution in [1.29, 1.82) is 0 Å². The molecule has 0 bridgehead atoms. The fraction of sp³-hybridized carbons (Fsp3) is 0.200. The van der Waals surface area contributed by atoms with Gasteiger partial charge in [0, 0.05) is 11.3 Å². The van der Waals surface area contributed by atoms with Crippen LogP contribution in [0.4, 0.5) is 0 Å². The van der Waals surface area contributed by atoms with Crippen LogP contribution in [0.3, 0.4) is 0 Å². The maximum atomic E-state index is 10.5. The van der Waals surface area contributed by atoms with Crippen LogP contribution in [-0.4, -0.2) is 16.6 Å². The molecule has 0 radical (unpaired) electrons. The molecule has 0 spiro atoms. The molecule has 3 nitrogen and oxygen atoms in total. The second-order valence-electron chi connectivity index (χ2n) is 3.02. The van der Waals surface area contributed by atoms with E-state index in [1.54, 1.807) is 0 Å². The minimum Gasteiger partial charge on any atom is -0.389 e. The molecule has 0 atom stereocenters. The molecule has 0 unspecified atom stereocenters. The fourth-order valence-corrected chi connectivity index (χ4v) is 1.93. The Bertz CT molecular complexity index is 379. The molecule has 0 saturated heterocycles. The summed E-state index contributed by atoms with van der Waals surface area (Å²) in [4.78, 5) is 10.9. The SMILES string of the molecule is NC(=O)CSCc1cccc(C(N)=S)c1. The summed E-state index contributed by atoms with van der Waals surface area (Å²) < 4.78 is 0. The van der Waals surface area contributed by atoms with Crippen molar-refractivity contribution in [1.82, 2.24) is 0 Å². The van der Waals surface area contributed by atoms with Crippen LogP contribution in [0.5, 0.6) is 0 Å². The van der Waals surface area contributed by atoms with Crippen LogP contribution in [0, 0.1) is 0 Å². The third-order valence-electron chi connectivity index (χ3n) is 1.72. The minimum atomic E-state index is -0.300. The minimum absolute atomic E-state index is 0.300. The highest BCUT2D eigenvalue weighted by Gasteiger charge is 2.00. The Morgan fingerprint density at radius 1 is 1.40 bits per heavy atom. The molecule has 1 aromatic rings. The van der Waals surface area contributed by atoms with Crippen molar-refractivity contribution in [3.63, 3.8) is 0 Å². The Labute approximate surface area is 98.2 Å². The summed E-state index contributed by atoms with van der Waals surface area (Å²) in [6, 6.07) is 7.66. The van der Waals surface area contributed by atoms with Crippen LogP contribution < -0.4 is 11.5 Å². The summed E-state index contributed by atoms with van der Waals surface area (Å²) >= 11 is 6.35. The number of hydrogen-bond donors (Lipinski definition) is 2. The molecular formula is C10H12N2OS2. The van der Waals surface area contributed by atoms with Crippen molar-refractivity contribution in [2.24, 2.45) is 11.5 Å². The molecule has 1 amide bonds. The average Bonchev–Trinajstić information content (AvgIpc) is 2.17. The van der Waals surface area contributed by atoms with E-state index >= 15 is 0 Å². The number of nitrogens with two attached hydrogens (primary N) is 2. The standard InChI is InChI=1S/C10H12N2OS2/c11-9(13)6-15-5-7-2-1-3-8(4-7)10(12)14/h1-4H,5-6H2,(H2,11,13)(H2,12,14). The van der Waals surface area contributed by atoms with Gasteiger partial charge in [-0.05, 0) is 11.6 Å². The molecule has 1 aromatic carbocycles. The summed E-state index contributed by atoms with van der Waals surface area (Å²) in [5, 5.41) is 0. The predicted molar refractivity (Wildman–Crippen MR) is 67.7 cm³/mol. The van der Waals surface area contributed by atoms with E-state index in [9.17, 15) is 4.79 Å². The fourth-order valence-electron chi connectivity index (χ4n) is 1.08. The number of primary amides is 1. The zero-order valence-electron chi connectivity index (χ0n) is 8.10. The molecule has 0 aromatic heterocycles. The maximum absolute atomic E-state index is 10.5. The Morgan fingerprint density at radius 2 is 2.13 bits per heavy atom. The van der Waals surface area contributed by atoms with Gasteiger partial charge in [-0.15, -0.1) is 11.8 Å². The first kappa shape index (κ1) is 12.0. The molecule has 80 valence electrons. The second-order valence-corrected chi connectivity index (χ2v) is 4.45. The lowest BCUT2D eigenvalue weighted by atomic mass is 10.1. The van der Waals surface area contributed by atoms with E-state index in [1.165, 1.54) is 11.8 Å². The predicted octanol–water partition coefficient (Wildman–Crippen LogP) is 1.04. The Hall–Kier alpha value is -1.07. The highest BCUT2D eigenvalue weighted by Crippen LogP contribution is 2.13. The Morgan fingerprint density at radius 3 is 2.73 bits per heavy atom. The number of carbonyl (C=O) groups is 1. The van der Waals surface area contributed by atoms with Crippen molar-refractivity contribution >= 4 is 34.9 Å². The van der Waals surface area contributed by atoms with Crippen molar-refractivity contribution in [3.05, 3.63) is 35.4 Å². The van der Waals surface area contributed by atoms with Gasteiger partial charge in [0.2, 0.25) is 5.91 Å². The van der Waals surface area contributed by atoms with Gasteiger partial charge in [-0.1, -0.05) is 30.4 Å². The molecule has 0 aliphatic rings. The molecule has 15 heavy (non-hydrogen) atoms. The van der Waals surface area contributed by atoms with Gasteiger partial charge in [0.1, 0.15) is 4.99 Å². The zero-order chi connectivity index (χ0) is 11.3. The largest absolute Gasteiger partial charge is 0.389 e. The smallest absolute Gasteiger partial charge is 0.227 e. The highest BCUT2D eigenvalue weighted by atomic mass is 32.2. The lowest BCUT2D eigenvalue weighted by Crippen LogP contribution is -2.13. The van der Waals surface area contributed by atoms with Crippen LogP contribution in [-0.2, 0) is 10.5 Å². The van der Waals surface area contributed by atoms with Gasteiger partial charge in [0.05, 0.1) is 5.75 Å². The first-order valence-corrected chi connectivity index (χ1v) is 5.90. The lowest BCUT2D eigenvalue weighted by molar-refractivity contribution is -0.115. The Balaban J connectivity index is 2.58. The summed E-state index contributed by atoms with van der Waals surface area (Å²) in [7, 11) is 0. The third kappa shape index (κ3) is 4.31. The van der Waals surface area contributed by atoms with E-state index in [1.807, 2.05) is 24.3 Å². The van der Waals surface area contributed by atoms with Crippen molar-refractivity contribution < 1.29 is 4.79 Å². The first-order chi connectivity index (χ1) is 7.09. The van der Waals surface area contributed by atoms with E-state index in [0.717, 1.165) is 16.9 Å². The van der Waals surface area contributed by atoms with Crippen LogP contribution in [0.25, 0.3) is 0 Å². The molecule has 0 aliphatic carbocycles. The Kier molecular flexibility index (Phi) is 4.58. The molecule has 0 aliphatic heterocycles. The summed E-state index contributed by atoms with van der Waals surface area (Å²) in [6.45, 7) is 0. The van der Waals surface area contributed by atoms with E-state index in [-0.39, 0.29) is 5.91 Å². The van der Waals surface area contributed by atoms with E-state index in [2.05, 4.69) is 0 Å². The molecule has 0 fully saturated rings. The van der Waals surface area contributed by atoms with E-state index in [4.69, 9.17) is 23.7 Å². The van der Waals surface area contributed by atoms with Gasteiger partial charge in [-0.3, -0.25) is 4.79 Å². The van der Waals surface area contributed by atoms with Crippen molar-refractivity contribution in [2.75, 3.05) is 5.75 Å². The van der Waals surface area contributed by atoms with Gasteiger partial charge in [-0.2, -0.15) is 0 Å². The summed E-state index contributed by atoms with van der Waals surface area (Å²) in [6.07, 6.45) is 0. The van der Waals surface area contributed by atoms with Gasteiger partial charge in [0.25, 0.3) is 0 Å². The number of rotatable bonds is 5. The van der Waals surface area contributed by atoms with E-state index < -0.39 is 0 Å². The second kappa shape index (κ2) is 5.72. The molecule has 1 rings (SSSR count). The summed E-state index contributed by atoms with van der Waals surface area (Å²) in [5.41, 5.74) is 12.5. The molecule has 0 heterocycles. The average molecular weight is 240 g/mol.